The molecule has 0 radical (unpaired) electrons. The maximum atomic E-state index is 12.8. The Hall–Kier alpha value is -3.21. The van der Waals surface area contributed by atoms with Crippen LogP contribution in [0.25, 0.3) is 6.08 Å². The summed E-state index contributed by atoms with van der Waals surface area (Å²) in [6.07, 6.45) is 5.05. The summed E-state index contributed by atoms with van der Waals surface area (Å²) < 4.78 is 4.78. The highest BCUT2D eigenvalue weighted by atomic mass is 16.5. The largest absolute Gasteiger partial charge is 0.465 e. The van der Waals surface area contributed by atoms with E-state index in [2.05, 4.69) is 4.98 Å². The summed E-state index contributed by atoms with van der Waals surface area (Å²) in [4.78, 5) is 30.6. The minimum atomic E-state index is -0.628. The zero-order valence-corrected chi connectivity index (χ0v) is 13.4. The molecule has 0 unspecified atom stereocenters. The van der Waals surface area contributed by atoms with Gasteiger partial charge in [0.25, 0.3) is 0 Å². The van der Waals surface area contributed by atoms with Crippen LogP contribution in [0, 0.1) is 0 Å². The van der Waals surface area contributed by atoms with Gasteiger partial charge in [0.15, 0.2) is 0 Å². The fourth-order valence-electron chi connectivity index (χ4n) is 2.69. The van der Waals surface area contributed by atoms with Crippen molar-refractivity contribution in [2.24, 2.45) is 0 Å². The molecule has 1 aromatic carbocycles. The molecular formula is C19H16N2O3. The predicted octanol–water partition coefficient (Wildman–Crippen LogP) is 2.96. The molecule has 0 amide bonds. The van der Waals surface area contributed by atoms with Crippen LogP contribution in [0.4, 0.5) is 5.69 Å². The number of benzene rings is 1. The van der Waals surface area contributed by atoms with Crippen molar-refractivity contribution in [1.82, 2.24) is 4.98 Å². The third kappa shape index (κ3) is 2.72. The maximum Gasteiger partial charge on any atom is 0.343 e. The van der Waals surface area contributed by atoms with Crippen LogP contribution in [0.1, 0.15) is 12.5 Å². The summed E-state index contributed by atoms with van der Waals surface area (Å²) in [7, 11) is 1.27. The molecule has 1 aromatic heterocycles. The summed E-state index contributed by atoms with van der Waals surface area (Å²) in [5.41, 5.74) is 2.65. The lowest BCUT2D eigenvalue weighted by molar-refractivity contribution is -0.137. The number of para-hydroxylation sites is 1. The van der Waals surface area contributed by atoms with Gasteiger partial charge in [-0.25, -0.2) is 4.79 Å². The zero-order chi connectivity index (χ0) is 17.1. The Morgan fingerprint density at radius 1 is 1.12 bits per heavy atom. The van der Waals surface area contributed by atoms with Crippen LogP contribution in [0.3, 0.4) is 0 Å². The number of carbonyl (C=O) groups is 2. The number of Topliss-reactive ketones (excluding diaryl/α,β-unsaturated/α-hetero) is 1. The van der Waals surface area contributed by atoms with Crippen LogP contribution in [0.15, 0.2) is 71.8 Å². The van der Waals surface area contributed by atoms with E-state index in [0.29, 0.717) is 11.4 Å². The second-order valence-electron chi connectivity index (χ2n) is 5.26. The van der Waals surface area contributed by atoms with E-state index in [1.165, 1.54) is 7.11 Å². The molecule has 0 saturated heterocycles. The maximum absolute atomic E-state index is 12.8. The van der Waals surface area contributed by atoms with E-state index >= 15 is 0 Å². The van der Waals surface area contributed by atoms with Crippen molar-refractivity contribution < 1.29 is 14.3 Å². The molecule has 0 fully saturated rings. The van der Waals surface area contributed by atoms with Gasteiger partial charge in [0, 0.05) is 23.8 Å². The average molecular weight is 320 g/mol. The topological polar surface area (TPSA) is 59.5 Å². The smallest absolute Gasteiger partial charge is 0.343 e. The monoisotopic (exact) mass is 320 g/mol. The van der Waals surface area contributed by atoms with Gasteiger partial charge in [0.1, 0.15) is 5.57 Å². The van der Waals surface area contributed by atoms with Gasteiger partial charge in [-0.1, -0.05) is 18.2 Å². The highest BCUT2D eigenvalue weighted by Gasteiger charge is 2.38. The molecule has 0 spiro atoms. The van der Waals surface area contributed by atoms with Crippen LogP contribution in [0.2, 0.25) is 0 Å². The Morgan fingerprint density at radius 2 is 1.79 bits per heavy atom. The molecule has 0 aliphatic carbocycles. The van der Waals surface area contributed by atoms with Crippen molar-refractivity contribution >= 4 is 23.5 Å². The van der Waals surface area contributed by atoms with Crippen molar-refractivity contribution in [3.63, 3.8) is 0 Å². The summed E-state index contributed by atoms with van der Waals surface area (Å²) in [6, 6.07) is 13.0. The molecule has 2 aromatic rings. The van der Waals surface area contributed by atoms with Gasteiger partial charge in [-0.15, -0.1) is 0 Å². The van der Waals surface area contributed by atoms with Crippen LogP contribution in [-0.2, 0) is 14.3 Å². The Balaban J connectivity index is 2.15. The van der Waals surface area contributed by atoms with E-state index in [-0.39, 0.29) is 11.4 Å². The Kier molecular flexibility index (Phi) is 4.24. The van der Waals surface area contributed by atoms with Gasteiger partial charge in [-0.05, 0) is 42.8 Å². The molecule has 0 bridgehead atoms. The van der Waals surface area contributed by atoms with Gasteiger partial charge in [0.2, 0.25) is 5.78 Å². The lowest BCUT2D eigenvalue weighted by Gasteiger charge is -2.21. The van der Waals surface area contributed by atoms with Crippen LogP contribution < -0.4 is 4.90 Å². The second-order valence-corrected chi connectivity index (χ2v) is 5.26. The number of esters is 1. The Labute approximate surface area is 139 Å². The molecule has 1 aliphatic rings. The first-order chi connectivity index (χ1) is 11.6. The third-order valence-electron chi connectivity index (χ3n) is 3.81. The van der Waals surface area contributed by atoms with E-state index < -0.39 is 5.97 Å². The molecule has 1 aliphatic heterocycles. The standard InChI is InChI=1S/C19H16N2O3/c1-13-17(19(23)24-2)18(22)16(12-14-8-10-20-11-9-14)21(13)15-6-4-3-5-7-15/h3-12H,1-2H3/b16-12+. The number of hydrogen-bond acceptors (Lipinski definition) is 5. The van der Waals surface area contributed by atoms with Crippen molar-refractivity contribution in [3.8, 4) is 0 Å². The first kappa shape index (κ1) is 15.7. The molecule has 5 nitrogen and oxygen atoms in total. The third-order valence-corrected chi connectivity index (χ3v) is 3.81. The normalized spacial score (nSPS) is 16.0. The number of anilines is 1. The summed E-state index contributed by atoms with van der Waals surface area (Å²) in [5.74, 6) is -0.975. The Bertz CT molecular complexity index is 839. The van der Waals surface area contributed by atoms with Gasteiger partial charge in [0.05, 0.1) is 12.8 Å². The molecule has 120 valence electrons. The summed E-state index contributed by atoms with van der Waals surface area (Å²) in [5, 5.41) is 0. The molecule has 5 heteroatoms. The van der Waals surface area contributed by atoms with Gasteiger partial charge < -0.3 is 9.64 Å². The number of aromatic nitrogens is 1. The van der Waals surface area contributed by atoms with Crippen molar-refractivity contribution in [3.05, 3.63) is 77.4 Å². The van der Waals surface area contributed by atoms with E-state index in [1.54, 1.807) is 42.4 Å². The fourth-order valence-corrected chi connectivity index (χ4v) is 2.69. The number of ketones is 1. The van der Waals surface area contributed by atoms with E-state index in [0.717, 1.165) is 11.3 Å². The molecule has 0 atom stereocenters. The van der Waals surface area contributed by atoms with Crippen molar-refractivity contribution in [2.45, 2.75) is 6.92 Å². The minimum absolute atomic E-state index is 0.0571. The molecule has 0 N–H and O–H groups in total. The number of nitrogens with zero attached hydrogens (tertiary/aromatic N) is 2. The lowest BCUT2D eigenvalue weighted by Crippen LogP contribution is -2.18. The van der Waals surface area contributed by atoms with Crippen molar-refractivity contribution in [1.29, 1.82) is 0 Å². The van der Waals surface area contributed by atoms with Crippen LogP contribution in [0.5, 0.6) is 0 Å². The fraction of sp³-hybridized carbons (Fsp3) is 0.105. The molecule has 2 heterocycles. The number of carbonyl (C=O) groups excluding carboxylic acids is 2. The van der Waals surface area contributed by atoms with E-state index in [9.17, 15) is 9.59 Å². The first-order valence-corrected chi connectivity index (χ1v) is 7.44. The summed E-state index contributed by atoms with van der Waals surface area (Å²) >= 11 is 0. The molecule has 24 heavy (non-hydrogen) atoms. The highest BCUT2D eigenvalue weighted by Crippen LogP contribution is 2.35. The van der Waals surface area contributed by atoms with E-state index in [1.807, 2.05) is 30.3 Å². The van der Waals surface area contributed by atoms with Crippen LogP contribution in [-0.4, -0.2) is 23.8 Å². The molecular weight excluding hydrogens is 304 g/mol. The lowest BCUT2D eigenvalue weighted by atomic mass is 10.1. The number of allylic oxidation sites excluding steroid dienone is 2. The number of pyridine rings is 1. The first-order valence-electron chi connectivity index (χ1n) is 7.44. The van der Waals surface area contributed by atoms with Crippen LogP contribution >= 0.6 is 0 Å². The molecule has 3 rings (SSSR count). The number of hydrogen-bond donors (Lipinski definition) is 0. The minimum Gasteiger partial charge on any atom is -0.465 e. The zero-order valence-electron chi connectivity index (χ0n) is 13.4. The van der Waals surface area contributed by atoms with Gasteiger partial charge in [-0.2, -0.15) is 0 Å². The number of ether oxygens (including phenoxy) is 1. The van der Waals surface area contributed by atoms with Gasteiger partial charge in [-0.3, -0.25) is 9.78 Å². The van der Waals surface area contributed by atoms with E-state index in [4.69, 9.17) is 4.74 Å². The van der Waals surface area contributed by atoms with Crippen molar-refractivity contribution in [2.75, 3.05) is 12.0 Å². The SMILES string of the molecule is COC(=O)C1=C(C)N(c2ccccc2)/C(=C/c2ccncc2)C1=O. The predicted molar refractivity (Wildman–Crippen MR) is 90.9 cm³/mol. The summed E-state index contributed by atoms with van der Waals surface area (Å²) in [6.45, 7) is 1.74. The molecule has 0 saturated carbocycles. The Morgan fingerprint density at radius 3 is 2.42 bits per heavy atom. The highest BCUT2D eigenvalue weighted by molar-refractivity contribution is 6.30. The quantitative estimate of drug-likeness (QED) is 0.494. The van der Waals surface area contributed by atoms with Gasteiger partial charge >= 0.3 is 5.97 Å². The number of rotatable bonds is 3. The second kappa shape index (κ2) is 6.50. The average Bonchev–Trinajstić information content (AvgIpc) is 2.86. The number of methoxy groups -OCH3 is 1.